The van der Waals surface area contributed by atoms with Crippen molar-refractivity contribution in [3.05, 3.63) is 35.6 Å². The van der Waals surface area contributed by atoms with Gasteiger partial charge >= 0.3 is 6.03 Å². The van der Waals surface area contributed by atoms with Gasteiger partial charge in [-0.2, -0.15) is 0 Å². The van der Waals surface area contributed by atoms with Gasteiger partial charge in [-0.25, -0.2) is 9.18 Å². The van der Waals surface area contributed by atoms with Gasteiger partial charge in [0.25, 0.3) is 0 Å². The molecular formula is C13H18FN3O. The van der Waals surface area contributed by atoms with E-state index in [1.807, 2.05) is 0 Å². The van der Waals surface area contributed by atoms with Gasteiger partial charge in [0.15, 0.2) is 0 Å². The van der Waals surface area contributed by atoms with Crippen LogP contribution in [0.15, 0.2) is 24.3 Å². The van der Waals surface area contributed by atoms with E-state index in [4.69, 9.17) is 0 Å². The van der Waals surface area contributed by atoms with Gasteiger partial charge < -0.3 is 15.1 Å². The summed E-state index contributed by atoms with van der Waals surface area (Å²) < 4.78 is 13.7. The molecule has 98 valence electrons. The Labute approximate surface area is 106 Å². The summed E-state index contributed by atoms with van der Waals surface area (Å²) in [6, 6.07) is 6.49. The molecule has 0 aromatic heterocycles. The number of urea groups is 1. The van der Waals surface area contributed by atoms with Crippen molar-refractivity contribution in [3.63, 3.8) is 0 Å². The van der Waals surface area contributed by atoms with Crippen LogP contribution in [0.5, 0.6) is 0 Å². The van der Waals surface area contributed by atoms with Crippen molar-refractivity contribution in [2.45, 2.75) is 6.04 Å². The minimum absolute atomic E-state index is 0.00610. The van der Waals surface area contributed by atoms with Crippen molar-refractivity contribution < 1.29 is 9.18 Å². The van der Waals surface area contributed by atoms with Gasteiger partial charge in [0.1, 0.15) is 5.82 Å². The van der Waals surface area contributed by atoms with Gasteiger partial charge in [0, 0.05) is 32.2 Å². The van der Waals surface area contributed by atoms with Crippen LogP contribution in [0.3, 0.4) is 0 Å². The Morgan fingerprint density at radius 1 is 1.39 bits per heavy atom. The molecule has 2 rings (SSSR count). The molecule has 18 heavy (non-hydrogen) atoms. The second-order valence-electron chi connectivity index (χ2n) is 4.51. The summed E-state index contributed by atoms with van der Waals surface area (Å²) >= 11 is 0. The first-order chi connectivity index (χ1) is 8.63. The van der Waals surface area contributed by atoms with Gasteiger partial charge in [-0.3, -0.25) is 0 Å². The van der Waals surface area contributed by atoms with Crippen LogP contribution in [0.1, 0.15) is 11.6 Å². The van der Waals surface area contributed by atoms with E-state index in [1.54, 1.807) is 42.1 Å². The predicted octanol–water partition coefficient (Wildman–Crippen LogP) is 1.45. The maximum Gasteiger partial charge on any atom is 0.319 e. The fourth-order valence-electron chi connectivity index (χ4n) is 2.20. The van der Waals surface area contributed by atoms with Gasteiger partial charge in [-0.15, -0.1) is 0 Å². The van der Waals surface area contributed by atoms with E-state index < -0.39 is 0 Å². The van der Waals surface area contributed by atoms with Crippen LogP contribution in [0.25, 0.3) is 0 Å². The normalized spacial score (nSPS) is 17.4. The highest BCUT2D eigenvalue weighted by Gasteiger charge is 2.28. The van der Waals surface area contributed by atoms with Crippen molar-refractivity contribution in [2.75, 3.05) is 33.7 Å². The Hall–Kier alpha value is -1.62. The van der Waals surface area contributed by atoms with Crippen molar-refractivity contribution in [1.29, 1.82) is 0 Å². The van der Waals surface area contributed by atoms with Crippen LogP contribution < -0.4 is 5.32 Å². The van der Waals surface area contributed by atoms with E-state index >= 15 is 0 Å². The van der Waals surface area contributed by atoms with E-state index in [1.165, 1.54) is 6.07 Å². The van der Waals surface area contributed by atoms with Crippen molar-refractivity contribution in [1.82, 2.24) is 15.1 Å². The summed E-state index contributed by atoms with van der Waals surface area (Å²) in [5.41, 5.74) is 0.599. The molecule has 1 unspecified atom stereocenters. The molecule has 0 radical (unpaired) electrons. The number of hydrogen-bond donors (Lipinski definition) is 1. The highest BCUT2D eigenvalue weighted by Crippen LogP contribution is 2.19. The highest BCUT2D eigenvalue weighted by atomic mass is 19.1. The number of amides is 2. The van der Waals surface area contributed by atoms with Crippen LogP contribution in [0.4, 0.5) is 9.18 Å². The average Bonchev–Trinajstić information content (AvgIpc) is 2.68. The lowest BCUT2D eigenvalue weighted by Crippen LogP contribution is -2.36. The van der Waals surface area contributed by atoms with Gasteiger partial charge in [-0.05, 0) is 13.1 Å². The van der Waals surface area contributed by atoms with Crippen molar-refractivity contribution >= 4 is 6.03 Å². The maximum atomic E-state index is 13.7. The van der Waals surface area contributed by atoms with Gasteiger partial charge in [0.05, 0.1) is 6.04 Å². The zero-order valence-electron chi connectivity index (χ0n) is 10.7. The monoisotopic (exact) mass is 251 g/mol. The fraction of sp³-hybridized carbons (Fsp3) is 0.462. The molecule has 2 amide bonds. The van der Waals surface area contributed by atoms with Crippen LogP contribution in [0.2, 0.25) is 0 Å². The molecule has 1 saturated heterocycles. The van der Waals surface area contributed by atoms with E-state index in [0.717, 1.165) is 6.54 Å². The third-order valence-electron chi connectivity index (χ3n) is 3.33. The van der Waals surface area contributed by atoms with Crippen LogP contribution in [0, 0.1) is 5.82 Å². The SMILES string of the molecule is CNC(CN1CCN(C)C1=O)c1ccccc1F. The van der Waals surface area contributed by atoms with E-state index in [9.17, 15) is 9.18 Å². The summed E-state index contributed by atoms with van der Waals surface area (Å²) in [7, 11) is 3.56. The minimum Gasteiger partial charge on any atom is -0.326 e. The first-order valence-corrected chi connectivity index (χ1v) is 6.05. The molecule has 1 fully saturated rings. The number of rotatable bonds is 4. The summed E-state index contributed by atoms with van der Waals surface area (Å²) in [6.07, 6.45) is 0. The first-order valence-electron chi connectivity index (χ1n) is 6.05. The number of likely N-dealkylation sites (N-methyl/N-ethyl adjacent to an activating group) is 2. The van der Waals surface area contributed by atoms with Crippen molar-refractivity contribution in [2.24, 2.45) is 0 Å². The number of nitrogens with one attached hydrogen (secondary N) is 1. The zero-order valence-corrected chi connectivity index (χ0v) is 10.7. The molecule has 1 aliphatic heterocycles. The van der Waals surface area contributed by atoms with E-state index in [0.29, 0.717) is 18.7 Å². The number of carbonyl (C=O) groups excluding carboxylic acids is 1. The summed E-state index contributed by atoms with van der Waals surface area (Å²) in [6.45, 7) is 1.91. The topological polar surface area (TPSA) is 35.6 Å². The number of hydrogen-bond acceptors (Lipinski definition) is 2. The van der Waals surface area contributed by atoms with Gasteiger partial charge in [-0.1, -0.05) is 18.2 Å². The molecule has 1 aromatic rings. The fourth-order valence-corrected chi connectivity index (χ4v) is 2.20. The summed E-state index contributed by atoms with van der Waals surface area (Å²) in [5, 5.41) is 3.07. The third-order valence-corrected chi connectivity index (χ3v) is 3.33. The zero-order chi connectivity index (χ0) is 13.1. The number of nitrogens with zero attached hydrogens (tertiary/aromatic N) is 2. The molecule has 0 saturated carbocycles. The van der Waals surface area contributed by atoms with Crippen LogP contribution >= 0.6 is 0 Å². The highest BCUT2D eigenvalue weighted by molar-refractivity contribution is 5.76. The Morgan fingerprint density at radius 3 is 2.67 bits per heavy atom. The molecule has 4 nitrogen and oxygen atoms in total. The molecule has 0 spiro atoms. The second-order valence-corrected chi connectivity index (χ2v) is 4.51. The molecule has 1 atom stereocenters. The Morgan fingerprint density at radius 2 is 2.11 bits per heavy atom. The molecule has 1 aromatic carbocycles. The summed E-state index contributed by atoms with van der Waals surface area (Å²) in [5.74, 6) is -0.239. The molecule has 1 aliphatic rings. The lowest BCUT2D eigenvalue weighted by Gasteiger charge is -2.23. The standard InChI is InChI=1S/C13H18FN3O/c1-15-12(10-5-3-4-6-11(10)14)9-17-8-7-16(2)13(17)18/h3-6,12,15H,7-9H2,1-2H3. The number of carbonyl (C=O) groups is 1. The number of benzene rings is 1. The summed E-state index contributed by atoms with van der Waals surface area (Å²) in [4.78, 5) is 15.2. The molecule has 0 aliphatic carbocycles. The minimum atomic E-state index is -0.239. The molecule has 0 bridgehead atoms. The smallest absolute Gasteiger partial charge is 0.319 e. The van der Waals surface area contributed by atoms with Crippen LogP contribution in [-0.2, 0) is 0 Å². The lowest BCUT2D eigenvalue weighted by atomic mass is 10.1. The molecule has 1 N–H and O–H groups in total. The predicted molar refractivity (Wildman–Crippen MR) is 67.8 cm³/mol. The number of halogens is 1. The van der Waals surface area contributed by atoms with E-state index in [2.05, 4.69) is 5.32 Å². The first kappa shape index (κ1) is 12.8. The Bertz CT molecular complexity index is 438. The third kappa shape index (κ3) is 2.46. The lowest BCUT2D eigenvalue weighted by molar-refractivity contribution is 0.194. The van der Waals surface area contributed by atoms with Crippen LogP contribution in [-0.4, -0.2) is 49.6 Å². The maximum absolute atomic E-state index is 13.7. The van der Waals surface area contributed by atoms with E-state index in [-0.39, 0.29) is 17.9 Å². The Kier molecular flexibility index (Phi) is 3.81. The molecular weight excluding hydrogens is 233 g/mol. The largest absolute Gasteiger partial charge is 0.326 e. The average molecular weight is 251 g/mol. The second kappa shape index (κ2) is 5.35. The Balaban J connectivity index is 2.11. The molecule has 1 heterocycles. The van der Waals surface area contributed by atoms with Gasteiger partial charge in [0.2, 0.25) is 0 Å². The quantitative estimate of drug-likeness (QED) is 0.879. The van der Waals surface area contributed by atoms with Crippen molar-refractivity contribution in [3.8, 4) is 0 Å². The molecule has 5 heteroatoms.